The number of anilines is 2. The van der Waals surface area contributed by atoms with Gasteiger partial charge in [-0.15, -0.1) is 17.0 Å². The summed E-state index contributed by atoms with van der Waals surface area (Å²) in [6, 6.07) is 21.4. The molecule has 0 atom stereocenters. The summed E-state index contributed by atoms with van der Waals surface area (Å²) in [6.07, 6.45) is 6.09. The Morgan fingerprint density at radius 3 is 1.62 bits per heavy atom. The fourth-order valence-corrected chi connectivity index (χ4v) is 6.67. The van der Waals surface area contributed by atoms with Crippen LogP contribution in [-0.2, 0) is 48.6 Å². The van der Waals surface area contributed by atoms with Crippen LogP contribution in [0, 0.1) is 0 Å². The second kappa shape index (κ2) is 24.0. The molecule has 8 aromatic rings. The van der Waals surface area contributed by atoms with Crippen molar-refractivity contribution in [2.75, 3.05) is 10.6 Å². The number of hydrogen-bond acceptors (Lipinski definition) is 12. The number of halogens is 4. The summed E-state index contributed by atoms with van der Waals surface area (Å²) in [4.78, 5) is 101. The van der Waals surface area contributed by atoms with Crippen molar-refractivity contribution in [1.29, 1.82) is 0 Å². The van der Waals surface area contributed by atoms with E-state index >= 15 is 0 Å². The topological polar surface area (TPSA) is 244 Å². The van der Waals surface area contributed by atoms with Gasteiger partial charge < -0.3 is 19.8 Å². The molecule has 0 aliphatic carbocycles. The van der Waals surface area contributed by atoms with Gasteiger partial charge in [0.05, 0.1) is 30.6 Å². The Morgan fingerprint density at radius 2 is 1.16 bits per heavy atom. The fraction of sp³-hybridized carbons (Fsp3) is 0.200. The average molecular weight is 1130 g/mol. The Kier molecular flexibility index (Phi) is 19.5. The number of carbonyl (C=O) groups excluding carboxylic acids is 2. The minimum Gasteiger partial charge on any atom is -0.315 e. The van der Waals surface area contributed by atoms with Gasteiger partial charge in [0.25, 0.3) is 11.1 Å². The molecular weight excluding hydrogens is 1090 g/mol. The Bertz CT molecular complexity index is 3100. The summed E-state index contributed by atoms with van der Waals surface area (Å²) in [5, 5.41) is 6.13. The Morgan fingerprint density at radius 1 is 0.656 bits per heavy atom. The third kappa shape index (κ3) is 12.9. The standard InChI is InChI=1S/C19H16BrN7O3.C13H11BrN6O3.C6H6BrN.2CH4.BrH/c1-25-17-16(18(29)27(19(25)30)9-12-5-2-3-8-21-12)26(11-22-17)10-15(28)24-14-7-4-6-13(20)23-14;1-19-11-10(12(22)18-13(19)23)20(6-15-11)5-9(21)17-8-4-2-3-7(14)16-8;7-5-6-3-1-2-4-8-6;;;/h2-8,11H,9-10H2,1H3,(H,23,24,28);2-4,6H,5H2,1H3,(H,16,17,21)(H,18,22,23);1-4H,5H2;2*1H4;1H. The number of nitrogens with one attached hydrogen (secondary N) is 3. The molecule has 0 aliphatic rings. The molecule has 0 fully saturated rings. The largest absolute Gasteiger partial charge is 0.332 e. The molecular formula is C40H42Br4N14O6. The average Bonchev–Trinajstić information content (AvgIpc) is 3.87. The van der Waals surface area contributed by atoms with E-state index in [1.807, 2.05) is 18.2 Å². The number of carbonyl (C=O) groups is 2. The lowest BCUT2D eigenvalue weighted by Crippen LogP contribution is -2.40. The number of imidazole rings is 2. The molecule has 8 rings (SSSR count). The van der Waals surface area contributed by atoms with Crippen molar-refractivity contribution >= 4 is 111 Å². The molecule has 0 radical (unpaired) electrons. The van der Waals surface area contributed by atoms with E-state index in [4.69, 9.17) is 0 Å². The second-order valence-electron chi connectivity index (χ2n) is 12.7. The molecule has 336 valence electrons. The molecule has 0 saturated carbocycles. The van der Waals surface area contributed by atoms with E-state index < -0.39 is 22.5 Å². The lowest BCUT2D eigenvalue weighted by Gasteiger charge is -2.10. The molecule has 0 saturated heterocycles. The summed E-state index contributed by atoms with van der Waals surface area (Å²) in [6.45, 7) is -0.282. The van der Waals surface area contributed by atoms with Gasteiger partial charge in [-0.1, -0.05) is 55.0 Å². The van der Waals surface area contributed by atoms with Crippen molar-refractivity contribution in [3.8, 4) is 0 Å². The first kappa shape index (κ1) is 52.1. The molecule has 8 aromatic heterocycles. The number of amides is 2. The molecule has 0 unspecified atom stereocenters. The number of hydrogen-bond donors (Lipinski definition) is 3. The number of fused-ring (bicyclic) bond motifs is 2. The van der Waals surface area contributed by atoms with Crippen LogP contribution in [0.2, 0.25) is 0 Å². The van der Waals surface area contributed by atoms with Crippen LogP contribution in [0.25, 0.3) is 22.3 Å². The predicted molar refractivity (Wildman–Crippen MR) is 260 cm³/mol. The molecule has 2 amide bonds. The Hall–Kier alpha value is -6.24. The van der Waals surface area contributed by atoms with Gasteiger partial charge >= 0.3 is 11.4 Å². The smallest absolute Gasteiger partial charge is 0.315 e. The number of alkyl halides is 1. The molecule has 8 heterocycles. The van der Waals surface area contributed by atoms with E-state index in [0.29, 0.717) is 26.5 Å². The maximum atomic E-state index is 13.1. The highest BCUT2D eigenvalue weighted by Crippen LogP contribution is 2.13. The molecule has 0 aliphatic heterocycles. The second-order valence-corrected chi connectivity index (χ2v) is 14.9. The quantitative estimate of drug-likeness (QED) is 0.125. The Labute approximate surface area is 400 Å². The fourth-order valence-electron chi connectivity index (χ4n) is 5.65. The lowest BCUT2D eigenvalue weighted by atomic mass is 10.3. The molecule has 64 heavy (non-hydrogen) atoms. The molecule has 0 bridgehead atoms. The molecule has 0 aromatic carbocycles. The number of aromatic nitrogens is 12. The third-order valence-corrected chi connectivity index (χ3v) is 9.94. The zero-order valence-electron chi connectivity index (χ0n) is 32.5. The Balaban J connectivity index is 0.000000284. The number of pyridine rings is 4. The van der Waals surface area contributed by atoms with Crippen LogP contribution >= 0.6 is 64.8 Å². The zero-order chi connectivity index (χ0) is 43.6. The first-order chi connectivity index (χ1) is 29.3. The number of H-pyrrole nitrogens is 1. The zero-order valence-corrected chi connectivity index (χ0v) is 38.9. The lowest BCUT2D eigenvalue weighted by molar-refractivity contribution is -0.117. The van der Waals surface area contributed by atoms with Gasteiger partial charge in [-0.3, -0.25) is 47.8 Å². The van der Waals surface area contributed by atoms with Gasteiger partial charge in [0.15, 0.2) is 22.3 Å². The van der Waals surface area contributed by atoms with E-state index in [1.54, 1.807) is 67.0 Å². The summed E-state index contributed by atoms with van der Waals surface area (Å²) in [7, 11) is 3.02. The van der Waals surface area contributed by atoms with Crippen LogP contribution in [0.15, 0.2) is 126 Å². The van der Waals surface area contributed by atoms with Crippen LogP contribution < -0.4 is 33.1 Å². The van der Waals surface area contributed by atoms with Crippen LogP contribution in [0.3, 0.4) is 0 Å². The molecule has 3 N–H and O–H groups in total. The van der Waals surface area contributed by atoms with Crippen molar-refractivity contribution in [2.24, 2.45) is 14.1 Å². The number of aryl methyl sites for hydroxylation is 2. The van der Waals surface area contributed by atoms with Crippen LogP contribution in [0.4, 0.5) is 11.6 Å². The van der Waals surface area contributed by atoms with Crippen molar-refractivity contribution in [2.45, 2.75) is 39.8 Å². The van der Waals surface area contributed by atoms with Gasteiger partial charge in [-0.25, -0.2) is 29.5 Å². The van der Waals surface area contributed by atoms with Gasteiger partial charge in [-0.05, 0) is 80.4 Å². The minimum absolute atomic E-state index is 0. The maximum Gasteiger partial charge on any atom is 0.332 e. The summed E-state index contributed by atoms with van der Waals surface area (Å²) in [5.41, 5.74) is 0.186. The number of aromatic amines is 1. The van der Waals surface area contributed by atoms with Gasteiger partial charge in [-0.2, -0.15) is 0 Å². The van der Waals surface area contributed by atoms with Gasteiger partial charge in [0.1, 0.15) is 33.9 Å². The molecule has 0 spiro atoms. The van der Waals surface area contributed by atoms with E-state index in [-0.39, 0.29) is 85.6 Å². The van der Waals surface area contributed by atoms with Crippen LogP contribution in [0.1, 0.15) is 26.2 Å². The van der Waals surface area contributed by atoms with Crippen LogP contribution in [-0.4, -0.2) is 69.5 Å². The highest BCUT2D eigenvalue weighted by atomic mass is 79.9. The first-order valence-electron chi connectivity index (χ1n) is 17.8. The molecule has 24 heteroatoms. The normalized spacial score (nSPS) is 10.2. The number of nitrogens with zero attached hydrogens (tertiary/aromatic N) is 11. The van der Waals surface area contributed by atoms with E-state index in [1.165, 1.54) is 45.0 Å². The van der Waals surface area contributed by atoms with Gasteiger partial charge in [0.2, 0.25) is 11.8 Å². The van der Waals surface area contributed by atoms with Crippen molar-refractivity contribution < 1.29 is 9.59 Å². The van der Waals surface area contributed by atoms with Crippen molar-refractivity contribution in [3.63, 3.8) is 0 Å². The van der Waals surface area contributed by atoms with Crippen molar-refractivity contribution in [3.05, 3.63) is 160 Å². The van der Waals surface area contributed by atoms with E-state index in [2.05, 4.69) is 93.3 Å². The summed E-state index contributed by atoms with van der Waals surface area (Å²) >= 11 is 9.75. The third-order valence-electron chi connectivity index (χ3n) is 8.48. The van der Waals surface area contributed by atoms with E-state index in [0.717, 1.165) is 15.6 Å². The minimum atomic E-state index is -0.589. The van der Waals surface area contributed by atoms with Crippen molar-refractivity contribution in [1.82, 2.24) is 57.7 Å². The maximum absolute atomic E-state index is 13.1. The number of rotatable bonds is 9. The summed E-state index contributed by atoms with van der Waals surface area (Å²) < 4.78 is 7.54. The summed E-state index contributed by atoms with van der Waals surface area (Å²) in [5.74, 6) is 0.00134. The SMILES string of the molecule is Br.BrCc1ccccn1.C.C.Cn1c(=O)[nH]c(=O)c2c1ncn2CC(=O)Nc1cccc(Br)n1.Cn1c(=O)n(Cc2ccccn2)c(=O)c2c1ncn2CC(=O)Nc1cccc(Br)n1. The van der Waals surface area contributed by atoms with E-state index in [9.17, 15) is 28.8 Å². The highest BCUT2D eigenvalue weighted by molar-refractivity contribution is 9.10. The van der Waals surface area contributed by atoms with Crippen LogP contribution in [0.5, 0.6) is 0 Å². The molecule has 20 nitrogen and oxygen atoms in total. The first-order valence-corrected chi connectivity index (χ1v) is 20.5. The van der Waals surface area contributed by atoms with Gasteiger partial charge in [0, 0.05) is 31.8 Å². The highest BCUT2D eigenvalue weighted by Gasteiger charge is 2.19. The monoisotopic (exact) mass is 1130 g/mol. The predicted octanol–water partition coefficient (Wildman–Crippen LogP) is 5.18.